The number of rotatable bonds is 9. The molecule has 0 aliphatic carbocycles. The quantitative estimate of drug-likeness (QED) is 0.567. The van der Waals surface area contributed by atoms with Crippen molar-refractivity contribution >= 4 is 15.9 Å². The van der Waals surface area contributed by atoms with Gasteiger partial charge in [0.15, 0.2) is 0 Å². The Kier molecular flexibility index (Phi) is 8.68. The van der Waals surface area contributed by atoms with Crippen LogP contribution >= 0.6 is 0 Å². The van der Waals surface area contributed by atoms with Gasteiger partial charge in [-0.1, -0.05) is 48.0 Å². The molecule has 0 saturated carbocycles. The number of sulfonamides is 1. The number of benzene rings is 2. The predicted molar refractivity (Wildman–Crippen MR) is 133 cm³/mol. The third-order valence-electron chi connectivity index (χ3n) is 6.34. The normalized spacial score (nSPS) is 15.7. The Balaban J connectivity index is 1.43. The molecule has 0 unspecified atom stereocenters. The van der Waals surface area contributed by atoms with Crippen LogP contribution in [0.1, 0.15) is 41.5 Å². The maximum Gasteiger partial charge on any atom is 0.243 e. The van der Waals surface area contributed by atoms with Gasteiger partial charge >= 0.3 is 0 Å². The molecule has 6 nitrogen and oxygen atoms in total. The highest BCUT2D eigenvalue weighted by atomic mass is 32.2. The van der Waals surface area contributed by atoms with Crippen LogP contribution in [0, 0.1) is 26.7 Å². The maximum absolute atomic E-state index is 13.2. The second kappa shape index (κ2) is 11.3. The van der Waals surface area contributed by atoms with Gasteiger partial charge < -0.3 is 10.2 Å². The van der Waals surface area contributed by atoms with Crippen LogP contribution in [0.25, 0.3) is 0 Å². The van der Waals surface area contributed by atoms with Gasteiger partial charge in [0.2, 0.25) is 15.9 Å². The van der Waals surface area contributed by atoms with Crippen molar-refractivity contribution in [3.63, 3.8) is 0 Å². The van der Waals surface area contributed by atoms with Crippen molar-refractivity contribution in [1.82, 2.24) is 14.5 Å². The summed E-state index contributed by atoms with van der Waals surface area (Å²) in [6, 6.07) is 14.2. The van der Waals surface area contributed by atoms with E-state index in [2.05, 4.69) is 29.4 Å². The van der Waals surface area contributed by atoms with E-state index >= 15 is 0 Å². The summed E-state index contributed by atoms with van der Waals surface area (Å²) in [6.07, 6.45) is 2.00. The minimum Gasteiger partial charge on any atom is -0.356 e. The molecule has 1 fully saturated rings. The SMILES string of the molecule is Cc1cc(C)c(S(=O)(=O)N2CCC(C(=O)NCCCN(C)Cc3ccccc3)CC2)c(C)c1. The van der Waals surface area contributed by atoms with Crippen molar-refractivity contribution in [3.05, 3.63) is 64.7 Å². The molecule has 2 aromatic rings. The average molecular weight is 472 g/mol. The number of amides is 1. The van der Waals surface area contributed by atoms with Gasteiger partial charge in [-0.25, -0.2) is 8.42 Å². The summed E-state index contributed by atoms with van der Waals surface area (Å²) in [6.45, 7) is 8.87. The fourth-order valence-corrected chi connectivity index (χ4v) is 6.62. The van der Waals surface area contributed by atoms with Crippen LogP contribution in [-0.4, -0.2) is 56.8 Å². The molecule has 2 aromatic carbocycles. The first-order chi connectivity index (χ1) is 15.7. The van der Waals surface area contributed by atoms with E-state index in [-0.39, 0.29) is 11.8 Å². The summed E-state index contributed by atoms with van der Waals surface area (Å²) < 4.78 is 28.0. The number of hydrogen-bond acceptors (Lipinski definition) is 4. The van der Waals surface area contributed by atoms with Gasteiger partial charge in [0.05, 0.1) is 4.90 Å². The summed E-state index contributed by atoms with van der Waals surface area (Å²) >= 11 is 0. The largest absolute Gasteiger partial charge is 0.356 e. The van der Waals surface area contributed by atoms with E-state index in [0.29, 0.717) is 37.4 Å². The Morgan fingerprint density at radius 1 is 1.06 bits per heavy atom. The van der Waals surface area contributed by atoms with Gasteiger partial charge in [0.1, 0.15) is 0 Å². The van der Waals surface area contributed by atoms with Crippen LogP contribution in [-0.2, 0) is 21.4 Å². The zero-order chi connectivity index (χ0) is 24.0. The molecule has 0 aromatic heterocycles. The van der Waals surface area contributed by atoms with Crippen molar-refractivity contribution in [1.29, 1.82) is 0 Å². The van der Waals surface area contributed by atoms with Crippen molar-refractivity contribution in [2.45, 2.75) is 51.5 Å². The molecule has 1 saturated heterocycles. The van der Waals surface area contributed by atoms with Crippen molar-refractivity contribution in [3.8, 4) is 0 Å². The lowest BCUT2D eigenvalue weighted by Gasteiger charge is -2.31. The van der Waals surface area contributed by atoms with E-state index in [4.69, 9.17) is 0 Å². The summed E-state index contributed by atoms with van der Waals surface area (Å²) in [5, 5.41) is 3.05. The number of hydrogen-bond donors (Lipinski definition) is 1. The van der Waals surface area contributed by atoms with E-state index in [1.54, 1.807) is 4.31 Å². The molecular weight excluding hydrogens is 434 g/mol. The Morgan fingerprint density at radius 2 is 1.67 bits per heavy atom. The number of aryl methyl sites for hydroxylation is 3. The standard InChI is InChI=1S/C26H37N3O3S/c1-20-17-21(2)25(22(3)18-20)33(31,32)29-15-11-24(12-16-29)26(30)27-13-8-14-28(4)19-23-9-6-5-7-10-23/h5-7,9-10,17-18,24H,8,11-16,19H2,1-4H3,(H,27,30). The summed E-state index contributed by atoms with van der Waals surface area (Å²) in [5.74, 6) is -0.0841. The van der Waals surface area contributed by atoms with Gasteiger partial charge in [-0.15, -0.1) is 0 Å². The fourth-order valence-electron chi connectivity index (χ4n) is 4.74. The number of piperidine rings is 1. The summed E-state index contributed by atoms with van der Waals surface area (Å²) in [4.78, 5) is 15.3. The third kappa shape index (κ3) is 6.65. The first-order valence-corrected chi connectivity index (χ1v) is 13.2. The number of nitrogens with zero attached hydrogens (tertiary/aromatic N) is 2. The number of carbonyl (C=O) groups is 1. The first kappa shape index (κ1) is 25.4. The molecule has 1 heterocycles. The Hall–Kier alpha value is -2.22. The Bertz CT molecular complexity index is 1020. The average Bonchev–Trinajstić information content (AvgIpc) is 2.76. The van der Waals surface area contributed by atoms with Gasteiger partial charge in [0.25, 0.3) is 0 Å². The molecule has 1 amide bonds. The van der Waals surface area contributed by atoms with E-state index in [1.807, 2.05) is 51.1 Å². The monoisotopic (exact) mass is 471 g/mol. The molecule has 1 aliphatic heterocycles. The van der Waals surface area contributed by atoms with E-state index in [1.165, 1.54) is 5.56 Å². The molecular formula is C26H37N3O3S. The maximum atomic E-state index is 13.2. The molecule has 33 heavy (non-hydrogen) atoms. The zero-order valence-electron chi connectivity index (χ0n) is 20.3. The molecule has 1 N–H and O–H groups in total. The molecule has 0 bridgehead atoms. The van der Waals surface area contributed by atoms with Crippen LogP contribution < -0.4 is 5.32 Å². The van der Waals surface area contributed by atoms with Crippen molar-refractivity contribution in [2.24, 2.45) is 5.92 Å². The van der Waals surface area contributed by atoms with E-state index in [0.717, 1.165) is 36.2 Å². The zero-order valence-corrected chi connectivity index (χ0v) is 21.1. The summed E-state index contributed by atoms with van der Waals surface area (Å²) in [7, 11) is -1.46. The molecule has 0 spiro atoms. The van der Waals surface area contributed by atoms with Crippen LogP contribution in [0.3, 0.4) is 0 Å². The number of nitrogens with one attached hydrogen (secondary N) is 1. The lowest BCUT2D eigenvalue weighted by molar-refractivity contribution is -0.126. The van der Waals surface area contributed by atoms with Crippen molar-refractivity contribution in [2.75, 3.05) is 33.2 Å². The number of carbonyl (C=O) groups excluding carboxylic acids is 1. The highest BCUT2D eigenvalue weighted by Crippen LogP contribution is 2.28. The molecule has 3 rings (SSSR count). The Morgan fingerprint density at radius 3 is 2.27 bits per heavy atom. The second-order valence-electron chi connectivity index (χ2n) is 9.27. The minimum absolute atomic E-state index is 0.0421. The van der Waals surface area contributed by atoms with E-state index in [9.17, 15) is 13.2 Å². The molecule has 180 valence electrons. The smallest absolute Gasteiger partial charge is 0.243 e. The van der Waals surface area contributed by atoms with Crippen LogP contribution in [0.4, 0.5) is 0 Å². The minimum atomic E-state index is -3.55. The lowest BCUT2D eigenvalue weighted by atomic mass is 9.97. The van der Waals surface area contributed by atoms with Gasteiger partial charge in [-0.05, 0) is 70.3 Å². The van der Waals surface area contributed by atoms with Crippen LogP contribution in [0.5, 0.6) is 0 Å². The lowest BCUT2D eigenvalue weighted by Crippen LogP contribution is -2.43. The Labute approximate surface area is 199 Å². The second-order valence-corrected chi connectivity index (χ2v) is 11.1. The predicted octanol–water partition coefficient (Wildman–Crippen LogP) is 3.65. The molecule has 1 aliphatic rings. The molecule has 7 heteroatoms. The van der Waals surface area contributed by atoms with Gasteiger partial charge in [0, 0.05) is 32.1 Å². The molecule has 0 atom stereocenters. The first-order valence-electron chi connectivity index (χ1n) is 11.8. The van der Waals surface area contributed by atoms with Gasteiger partial charge in [-0.3, -0.25) is 4.79 Å². The topological polar surface area (TPSA) is 69.7 Å². The highest BCUT2D eigenvalue weighted by Gasteiger charge is 2.33. The van der Waals surface area contributed by atoms with Crippen molar-refractivity contribution < 1.29 is 13.2 Å². The van der Waals surface area contributed by atoms with Gasteiger partial charge in [-0.2, -0.15) is 4.31 Å². The third-order valence-corrected chi connectivity index (χ3v) is 8.54. The fraction of sp³-hybridized carbons (Fsp3) is 0.500. The van der Waals surface area contributed by atoms with Crippen LogP contribution in [0.15, 0.2) is 47.4 Å². The van der Waals surface area contributed by atoms with Crippen LogP contribution in [0.2, 0.25) is 0 Å². The van der Waals surface area contributed by atoms with E-state index < -0.39 is 10.0 Å². The highest BCUT2D eigenvalue weighted by molar-refractivity contribution is 7.89. The summed E-state index contributed by atoms with van der Waals surface area (Å²) in [5.41, 5.74) is 3.90. The molecule has 0 radical (unpaired) electrons.